The summed E-state index contributed by atoms with van der Waals surface area (Å²) in [5.74, 6) is 0.180. The highest BCUT2D eigenvalue weighted by molar-refractivity contribution is 5.85. The molecule has 0 bridgehead atoms. The molecule has 3 rings (SSSR count). The molecule has 0 N–H and O–H groups in total. The van der Waals surface area contributed by atoms with Gasteiger partial charge in [-0.15, -0.1) is 5.10 Å². The molecule has 112 valence electrons. The Kier molecular flexibility index (Phi) is 4.00. The van der Waals surface area contributed by atoms with Gasteiger partial charge >= 0.3 is 5.97 Å². The van der Waals surface area contributed by atoms with Gasteiger partial charge in [0.2, 0.25) is 0 Å². The Hall–Kier alpha value is -2.89. The highest BCUT2D eigenvalue weighted by Crippen LogP contribution is 2.15. The van der Waals surface area contributed by atoms with Crippen LogP contribution in [0.15, 0.2) is 48.7 Å². The van der Waals surface area contributed by atoms with Crippen LogP contribution in [-0.2, 0) is 11.3 Å². The summed E-state index contributed by atoms with van der Waals surface area (Å²) < 4.78 is 12.1. The molecule has 0 aliphatic heterocycles. The van der Waals surface area contributed by atoms with Crippen molar-refractivity contribution >= 4 is 11.6 Å². The summed E-state index contributed by atoms with van der Waals surface area (Å²) >= 11 is 0. The molecule has 0 fully saturated rings. The number of rotatable bonds is 5. The Morgan fingerprint density at radius 2 is 2.05 bits per heavy atom. The molecule has 22 heavy (non-hydrogen) atoms. The van der Waals surface area contributed by atoms with Gasteiger partial charge in [0.1, 0.15) is 12.4 Å². The molecule has 0 spiro atoms. The van der Waals surface area contributed by atoms with Crippen molar-refractivity contribution in [2.45, 2.75) is 13.5 Å². The molecule has 6 nitrogen and oxygen atoms in total. The summed E-state index contributed by atoms with van der Waals surface area (Å²) in [6.07, 6.45) is 1.70. The lowest BCUT2D eigenvalue weighted by atomic mass is 10.2. The predicted octanol–water partition coefficient (Wildman–Crippen LogP) is 2.49. The van der Waals surface area contributed by atoms with Crippen molar-refractivity contribution in [1.82, 2.24) is 14.6 Å². The second-order valence-electron chi connectivity index (χ2n) is 4.60. The van der Waals surface area contributed by atoms with Crippen molar-refractivity contribution in [3.63, 3.8) is 0 Å². The summed E-state index contributed by atoms with van der Waals surface area (Å²) in [6, 6.07) is 13.4. The van der Waals surface area contributed by atoms with Crippen LogP contribution in [0.4, 0.5) is 0 Å². The summed E-state index contributed by atoms with van der Waals surface area (Å²) in [5, 5.41) is 4.07. The van der Waals surface area contributed by atoms with Crippen molar-refractivity contribution < 1.29 is 14.3 Å². The van der Waals surface area contributed by atoms with Gasteiger partial charge in [0.05, 0.1) is 6.61 Å². The van der Waals surface area contributed by atoms with Gasteiger partial charge in [0.15, 0.2) is 5.65 Å². The molecule has 0 aliphatic carbocycles. The number of fused-ring (bicyclic) bond motifs is 1. The van der Waals surface area contributed by atoms with E-state index in [0.29, 0.717) is 24.6 Å². The maximum Gasteiger partial charge on any atom is 0.378 e. The lowest BCUT2D eigenvalue weighted by molar-refractivity contribution is 0.0512. The topological polar surface area (TPSA) is 65.7 Å². The smallest absolute Gasteiger partial charge is 0.378 e. The van der Waals surface area contributed by atoms with Gasteiger partial charge in [0.25, 0.3) is 5.82 Å². The molecule has 0 aliphatic rings. The van der Waals surface area contributed by atoms with Crippen LogP contribution in [0.3, 0.4) is 0 Å². The van der Waals surface area contributed by atoms with Crippen LogP contribution in [-0.4, -0.2) is 27.2 Å². The number of aromatic nitrogens is 3. The number of esters is 1. The van der Waals surface area contributed by atoms with E-state index >= 15 is 0 Å². The number of hydrogen-bond acceptors (Lipinski definition) is 5. The molecule has 0 saturated carbocycles. The second-order valence-corrected chi connectivity index (χ2v) is 4.60. The standard InChI is InChI=1S/C16H15N3O3/c1-2-21-16(20)15-17-14-10-13(8-9-19(14)18-15)22-11-12-6-4-3-5-7-12/h3-10H,2,11H2,1H3. The van der Waals surface area contributed by atoms with E-state index in [0.717, 1.165) is 5.56 Å². The van der Waals surface area contributed by atoms with Crippen LogP contribution < -0.4 is 4.74 Å². The number of nitrogens with zero attached hydrogens (tertiary/aromatic N) is 3. The van der Waals surface area contributed by atoms with Crippen molar-refractivity contribution in [3.8, 4) is 5.75 Å². The van der Waals surface area contributed by atoms with Crippen LogP contribution in [0, 0.1) is 0 Å². The Bertz CT molecular complexity index is 784. The minimum absolute atomic E-state index is 0.0436. The van der Waals surface area contributed by atoms with E-state index in [-0.39, 0.29) is 5.82 Å². The first-order chi connectivity index (χ1) is 10.8. The molecule has 3 aromatic rings. The minimum Gasteiger partial charge on any atom is -0.489 e. The number of carbonyl (C=O) groups is 1. The molecule has 2 heterocycles. The van der Waals surface area contributed by atoms with Crippen molar-refractivity contribution in [3.05, 3.63) is 60.0 Å². The summed E-state index contributed by atoms with van der Waals surface area (Å²) in [5.41, 5.74) is 1.62. The van der Waals surface area contributed by atoms with Crippen LogP contribution in [0.5, 0.6) is 5.75 Å². The molecule has 2 aromatic heterocycles. The Balaban J connectivity index is 1.76. The van der Waals surface area contributed by atoms with E-state index in [1.165, 1.54) is 4.52 Å². The van der Waals surface area contributed by atoms with Crippen molar-refractivity contribution in [1.29, 1.82) is 0 Å². The molecular formula is C16H15N3O3. The largest absolute Gasteiger partial charge is 0.489 e. The van der Waals surface area contributed by atoms with Crippen molar-refractivity contribution in [2.75, 3.05) is 6.61 Å². The van der Waals surface area contributed by atoms with E-state index in [1.54, 1.807) is 25.3 Å². The third-order valence-corrected chi connectivity index (χ3v) is 3.02. The fourth-order valence-corrected chi connectivity index (χ4v) is 1.98. The first-order valence-electron chi connectivity index (χ1n) is 6.96. The first-order valence-corrected chi connectivity index (χ1v) is 6.96. The normalized spacial score (nSPS) is 10.6. The van der Waals surface area contributed by atoms with Crippen LogP contribution in [0.2, 0.25) is 0 Å². The Labute approximate surface area is 127 Å². The lowest BCUT2D eigenvalue weighted by Gasteiger charge is -2.05. The summed E-state index contributed by atoms with van der Waals surface area (Å²) in [4.78, 5) is 15.8. The molecule has 0 saturated heterocycles. The quantitative estimate of drug-likeness (QED) is 0.677. The lowest BCUT2D eigenvalue weighted by Crippen LogP contribution is -2.06. The fraction of sp³-hybridized carbons (Fsp3) is 0.188. The summed E-state index contributed by atoms with van der Waals surface area (Å²) in [7, 11) is 0. The van der Waals surface area contributed by atoms with Gasteiger partial charge in [-0.25, -0.2) is 14.3 Å². The van der Waals surface area contributed by atoms with E-state index in [2.05, 4.69) is 10.1 Å². The van der Waals surface area contributed by atoms with Crippen LogP contribution >= 0.6 is 0 Å². The Morgan fingerprint density at radius 1 is 1.23 bits per heavy atom. The molecule has 0 atom stereocenters. The van der Waals surface area contributed by atoms with Gasteiger partial charge in [-0.05, 0) is 18.6 Å². The highest BCUT2D eigenvalue weighted by Gasteiger charge is 2.14. The molecular weight excluding hydrogens is 282 g/mol. The average Bonchev–Trinajstić information content (AvgIpc) is 2.97. The van der Waals surface area contributed by atoms with Gasteiger partial charge < -0.3 is 9.47 Å². The van der Waals surface area contributed by atoms with E-state index in [1.807, 2.05) is 30.3 Å². The molecule has 0 unspecified atom stereocenters. The predicted molar refractivity (Wildman–Crippen MR) is 79.7 cm³/mol. The zero-order valence-corrected chi connectivity index (χ0v) is 12.1. The van der Waals surface area contributed by atoms with E-state index in [4.69, 9.17) is 9.47 Å². The number of benzene rings is 1. The molecule has 0 amide bonds. The average molecular weight is 297 g/mol. The minimum atomic E-state index is -0.530. The summed E-state index contributed by atoms with van der Waals surface area (Å²) in [6.45, 7) is 2.50. The number of pyridine rings is 1. The van der Waals surface area contributed by atoms with Gasteiger partial charge in [-0.1, -0.05) is 30.3 Å². The van der Waals surface area contributed by atoms with Crippen LogP contribution in [0.1, 0.15) is 23.1 Å². The third kappa shape index (κ3) is 3.06. The zero-order valence-electron chi connectivity index (χ0n) is 12.1. The maximum absolute atomic E-state index is 11.6. The van der Waals surface area contributed by atoms with E-state index in [9.17, 15) is 4.79 Å². The monoisotopic (exact) mass is 297 g/mol. The molecule has 0 radical (unpaired) electrons. The SMILES string of the molecule is CCOC(=O)c1nc2cc(OCc3ccccc3)ccn2n1. The maximum atomic E-state index is 11.6. The first kappa shape index (κ1) is 14.1. The van der Waals surface area contributed by atoms with Gasteiger partial charge in [-0.2, -0.15) is 0 Å². The van der Waals surface area contributed by atoms with Crippen molar-refractivity contribution in [2.24, 2.45) is 0 Å². The number of ether oxygens (including phenoxy) is 2. The van der Waals surface area contributed by atoms with E-state index < -0.39 is 5.97 Å². The third-order valence-electron chi connectivity index (χ3n) is 3.02. The number of hydrogen-bond donors (Lipinski definition) is 0. The molecule has 6 heteroatoms. The van der Waals surface area contributed by atoms with Gasteiger partial charge in [-0.3, -0.25) is 0 Å². The van der Waals surface area contributed by atoms with Crippen LogP contribution in [0.25, 0.3) is 5.65 Å². The molecule has 1 aromatic carbocycles. The second kappa shape index (κ2) is 6.26. The van der Waals surface area contributed by atoms with Gasteiger partial charge in [0, 0.05) is 12.3 Å². The zero-order chi connectivity index (χ0) is 15.4. The number of carbonyl (C=O) groups excluding carboxylic acids is 1. The Morgan fingerprint density at radius 3 is 2.82 bits per heavy atom. The highest BCUT2D eigenvalue weighted by atomic mass is 16.5. The fourth-order valence-electron chi connectivity index (χ4n) is 1.98.